The molecule has 0 spiro atoms. The second-order valence-electron chi connectivity index (χ2n) is 6.43. The van der Waals surface area contributed by atoms with E-state index in [0.717, 1.165) is 12.8 Å². The van der Waals surface area contributed by atoms with Crippen LogP contribution in [0.2, 0.25) is 5.02 Å². The quantitative estimate of drug-likeness (QED) is 0.853. The molecule has 1 fully saturated rings. The number of benzene rings is 1. The van der Waals surface area contributed by atoms with Gasteiger partial charge >= 0.3 is 0 Å². The van der Waals surface area contributed by atoms with Crippen LogP contribution in [-0.4, -0.2) is 32.2 Å². The van der Waals surface area contributed by atoms with E-state index in [2.05, 4.69) is 27.8 Å². The first kappa shape index (κ1) is 17.7. The van der Waals surface area contributed by atoms with Crippen LogP contribution in [0.1, 0.15) is 38.4 Å². The van der Waals surface area contributed by atoms with Gasteiger partial charge in [0.05, 0.1) is 0 Å². The number of tetrazole rings is 1. The number of nitrogens with zero attached hydrogens (tertiary/aromatic N) is 4. The lowest BCUT2D eigenvalue weighted by atomic mass is 9.86. The maximum Gasteiger partial charge on any atom is 0.242 e. The summed E-state index contributed by atoms with van der Waals surface area (Å²) >= 11 is 5.85. The van der Waals surface area contributed by atoms with E-state index in [9.17, 15) is 4.79 Å². The lowest BCUT2D eigenvalue weighted by Crippen LogP contribution is -2.42. The largest absolute Gasteiger partial charge is 0.486 e. The minimum absolute atomic E-state index is 0.0706. The molecule has 0 saturated heterocycles. The van der Waals surface area contributed by atoms with Crippen LogP contribution in [0.15, 0.2) is 24.3 Å². The molecule has 1 aliphatic rings. The number of carbonyl (C=O) groups excluding carboxylic acids is 1. The van der Waals surface area contributed by atoms with Crippen LogP contribution < -0.4 is 10.1 Å². The fraction of sp³-hybridized carbons (Fsp3) is 0.529. The van der Waals surface area contributed by atoms with E-state index >= 15 is 0 Å². The standard InChI is InChI=1S/C17H22ClN5O2/c1-12-4-2-3-5-15(12)19-17(24)10-23-16(20-21-22-23)11-25-14-8-6-13(18)7-9-14/h6-9,12,15H,2-5,10-11H2,1H3,(H,19,24). The third-order valence-corrected chi connectivity index (χ3v) is 4.79. The van der Waals surface area contributed by atoms with Crippen molar-refractivity contribution in [3.63, 3.8) is 0 Å². The van der Waals surface area contributed by atoms with E-state index in [1.54, 1.807) is 24.3 Å². The Hall–Kier alpha value is -2.15. The monoisotopic (exact) mass is 363 g/mol. The van der Waals surface area contributed by atoms with Crippen molar-refractivity contribution in [3.8, 4) is 5.75 Å². The van der Waals surface area contributed by atoms with E-state index in [1.807, 2.05) is 0 Å². The fourth-order valence-corrected chi connectivity index (χ4v) is 3.17. The number of rotatable bonds is 6. The average Bonchev–Trinajstić information content (AvgIpc) is 3.03. The first-order chi connectivity index (χ1) is 12.1. The molecule has 1 saturated carbocycles. The van der Waals surface area contributed by atoms with Crippen molar-refractivity contribution in [2.24, 2.45) is 5.92 Å². The smallest absolute Gasteiger partial charge is 0.242 e. The molecular formula is C17H22ClN5O2. The molecule has 1 heterocycles. The predicted octanol–water partition coefficient (Wildman–Crippen LogP) is 2.60. The van der Waals surface area contributed by atoms with E-state index in [-0.39, 0.29) is 25.1 Å². The summed E-state index contributed by atoms with van der Waals surface area (Å²) in [7, 11) is 0. The minimum Gasteiger partial charge on any atom is -0.486 e. The Bertz CT molecular complexity index is 703. The van der Waals surface area contributed by atoms with E-state index in [0.29, 0.717) is 22.5 Å². The number of nitrogens with one attached hydrogen (secondary N) is 1. The van der Waals surface area contributed by atoms with Gasteiger partial charge in [-0.05, 0) is 53.5 Å². The number of hydrogen-bond acceptors (Lipinski definition) is 5. The highest BCUT2D eigenvalue weighted by molar-refractivity contribution is 6.30. The van der Waals surface area contributed by atoms with Gasteiger partial charge < -0.3 is 10.1 Å². The molecule has 3 rings (SSSR count). The van der Waals surface area contributed by atoms with Crippen LogP contribution in [0.4, 0.5) is 0 Å². The van der Waals surface area contributed by atoms with Gasteiger partial charge in [-0.2, -0.15) is 0 Å². The number of aromatic nitrogens is 4. The van der Waals surface area contributed by atoms with Crippen molar-refractivity contribution in [1.82, 2.24) is 25.5 Å². The molecule has 2 aromatic rings. The van der Waals surface area contributed by atoms with Gasteiger partial charge in [-0.25, -0.2) is 4.68 Å². The highest BCUT2D eigenvalue weighted by atomic mass is 35.5. The summed E-state index contributed by atoms with van der Waals surface area (Å²) in [4.78, 5) is 12.3. The summed E-state index contributed by atoms with van der Waals surface area (Å²) in [5.41, 5.74) is 0. The molecular weight excluding hydrogens is 342 g/mol. The van der Waals surface area contributed by atoms with Crippen molar-refractivity contribution in [1.29, 1.82) is 0 Å². The van der Waals surface area contributed by atoms with Crippen LogP contribution in [-0.2, 0) is 17.9 Å². The van der Waals surface area contributed by atoms with Crippen molar-refractivity contribution in [2.75, 3.05) is 0 Å². The van der Waals surface area contributed by atoms with Crippen molar-refractivity contribution >= 4 is 17.5 Å². The molecule has 7 nitrogen and oxygen atoms in total. The van der Waals surface area contributed by atoms with Gasteiger partial charge in [0.25, 0.3) is 0 Å². The van der Waals surface area contributed by atoms with Crippen molar-refractivity contribution in [2.45, 2.75) is 51.8 Å². The van der Waals surface area contributed by atoms with E-state index in [4.69, 9.17) is 16.3 Å². The van der Waals surface area contributed by atoms with E-state index in [1.165, 1.54) is 17.5 Å². The third-order valence-electron chi connectivity index (χ3n) is 4.54. The second kappa shape index (κ2) is 8.29. The number of carbonyl (C=O) groups is 1. The lowest BCUT2D eigenvalue weighted by molar-refractivity contribution is -0.123. The van der Waals surface area contributed by atoms with Crippen molar-refractivity contribution < 1.29 is 9.53 Å². The maximum atomic E-state index is 12.3. The van der Waals surface area contributed by atoms with Gasteiger partial charge in [0.2, 0.25) is 5.91 Å². The number of hydrogen-bond donors (Lipinski definition) is 1. The molecule has 2 atom stereocenters. The molecule has 2 unspecified atom stereocenters. The Kier molecular flexibility index (Phi) is 5.86. The molecule has 1 aromatic carbocycles. The van der Waals surface area contributed by atoms with Crippen LogP contribution in [0.5, 0.6) is 5.75 Å². The number of amides is 1. The van der Waals surface area contributed by atoms with Gasteiger partial charge in [0, 0.05) is 11.1 Å². The Labute approximate surface area is 151 Å². The molecule has 1 aliphatic carbocycles. The molecule has 8 heteroatoms. The lowest BCUT2D eigenvalue weighted by Gasteiger charge is -2.29. The zero-order valence-corrected chi connectivity index (χ0v) is 14.9. The van der Waals surface area contributed by atoms with Gasteiger partial charge in [0.15, 0.2) is 5.82 Å². The number of ether oxygens (including phenoxy) is 1. The highest BCUT2D eigenvalue weighted by Gasteiger charge is 2.23. The van der Waals surface area contributed by atoms with Crippen LogP contribution in [0, 0.1) is 5.92 Å². The van der Waals surface area contributed by atoms with E-state index < -0.39 is 0 Å². The summed E-state index contributed by atoms with van der Waals surface area (Å²) in [6.45, 7) is 2.46. The summed E-state index contributed by atoms with van der Waals surface area (Å²) in [5.74, 6) is 1.61. The normalized spacial score (nSPS) is 20.2. The second-order valence-corrected chi connectivity index (χ2v) is 6.87. The Morgan fingerprint density at radius 3 is 2.84 bits per heavy atom. The maximum absolute atomic E-state index is 12.3. The summed E-state index contributed by atoms with van der Waals surface area (Å²) in [6.07, 6.45) is 4.61. The summed E-state index contributed by atoms with van der Waals surface area (Å²) in [5, 5.41) is 15.2. The molecule has 1 N–H and O–H groups in total. The Balaban J connectivity index is 1.54. The first-order valence-electron chi connectivity index (χ1n) is 8.54. The molecule has 1 aromatic heterocycles. The SMILES string of the molecule is CC1CCCCC1NC(=O)Cn1nnnc1COc1ccc(Cl)cc1. The summed E-state index contributed by atoms with van der Waals surface area (Å²) < 4.78 is 7.11. The zero-order chi connectivity index (χ0) is 17.6. The highest BCUT2D eigenvalue weighted by Crippen LogP contribution is 2.23. The van der Waals surface area contributed by atoms with Crippen LogP contribution in [0.25, 0.3) is 0 Å². The molecule has 0 bridgehead atoms. The molecule has 0 radical (unpaired) electrons. The molecule has 0 aliphatic heterocycles. The average molecular weight is 364 g/mol. The predicted molar refractivity (Wildman–Crippen MR) is 93.2 cm³/mol. The molecule has 1 amide bonds. The zero-order valence-electron chi connectivity index (χ0n) is 14.2. The fourth-order valence-electron chi connectivity index (χ4n) is 3.05. The first-order valence-corrected chi connectivity index (χ1v) is 8.92. The van der Waals surface area contributed by atoms with Gasteiger partial charge in [-0.3, -0.25) is 4.79 Å². The number of halogens is 1. The minimum atomic E-state index is -0.0706. The molecule has 25 heavy (non-hydrogen) atoms. The van der Waals surface area contributed by atoms with Gasteiger partial charge in [0.1, 0.15) is 18.9 Å². The van der Waals surface area contributed by atoms with Gasteiger partial charge in [-0.1, -0.05) is 31.4 Å². The topological polar surface area (TPSA) is 81.9 Å². The summed E-state index contributed by atoms with van der Waals surface area (Å²) in [6, 6.07) is 7.28. The Morgan fingerprint density at radius 1 is 1.32 bits per heavy atom. The third kappa shape index (κ3) is 4.92. The van der Waals surface area contributed by atoms with Crippen molar-refractivity contribution in [3.05, 3.63) is 35.1 Å². The Morgan fingerprint density at radius 2 is 2.08 bits per heavy atom. The van der Waals surface area contributed by atoms with Crippen LogP contribution >= 0.6 is 11.6 Å². The van der Waals surface area contributed by atoms with Crippen LogP contribution in [0.3, 0.4) is 0 Å². The molecule has 134 valence electrons. The van der Waals surface area contributed by atoms with Gasteiger partial charge in [-0.15, -0.1) is 5.10 Å².